The maximum atomic E-state index is 13.7. The lowest BCUT2D eigenvalue weighted by Gasteiger charge is -2.15. The van der Waals surface area contributed by atoms with Crippen LogP contribution in [0.3, 0.4) is 0 Å². The van der Waals surface area contributed by atoms with Gasteiger partial charge in [0, 0.05) is 11.1 Å². The predicted octanol–water partition coefficient (Wildman–Crippen LogP) is 3.95. The molecule has 0 amide bonds. The second kappa shape index (κ2) is 4.80. The molecule has 1 aliphatic rings. The monoisotopic (exact) mass is 293 g/mol. The molecule has 0 aliphatic carbocycles. The Morgan fingerprint density at radius 2 is 1.67 bits per heavy atom. The zero-order valence-corrected chi connectivity index (χ0v) is 10.5. The van der Waals surface area contributed by atoms with Crippen molar-refractivity contribution in [1.82, 2.24) is 0 Å². The van der Waals surface area contributed by atoms with Gasteiger partial charge >= 0.3 is 0 Å². The van der Waals surface area contributed by atoms with Crippen LogP contribution < -0.4 is 0 Å². The first-order valence-electron chi connectivity index (χ1n) is 6.01. The predicted molar refractivity (Wildman–Crippen MR) is 67.9 cm³/mol. The highest BCUT2D eigenvalue weighted by Gasteiger charge is 2.25. The summed E-state index contributed by atoms with van der Waals surface area (Å²) in [5.41, 5.74) is -0.0405. The van der Waals surface area contributed by atoms with Crippen molar-refractivity contribution < 1.29 is 22.4 Å². The molecule has 3 rings (SSSR count). The molecule has 0 radical (unpaired) electrons. The van der Waals surface area contributed by atoms with E-state index in [-0.39, 0.29) is 28.9 Å². The first kappa shape index (κ1) is 13.5. The number of hydrogen-bond acceptors (Lipinski definition) is 2. The number of carbonyl (C=O) groups is 1. The van der Waals surface area contributed by atoms with Crippen LogP contribution in [0.25, 0.3) is 0 Å². The quantitative estimate of drug-likeness (QED) is 0.578. The van der Waals surface area contributed by atoms with Crippen LogP contribution in [0.4, 0.5) is 23.2 Å². The van der Waals surface area contributed by atoms with Crippen molar-refractivity contribution in [3.05, 3.63) is 64.7 Å². The van der Waals surface area contributed by atoms with Gasteiger partial charge in [-0.3, -0.25) is 9.79 Å². The largest absolute Gasteiger partial charge is 0.294 e. The molecule has 0 unspecified atom stereocenters. The summed E-state index contributed by atoms with van der Waals surface area (Å²) in [6, 6.07) is 5.22. The Labute approximate surface area is 116 Å². The summed E-state index contributed by atoms with van der Waals surface area (Å²) in [7, 11) is 0. The highest BCUT2D eigenvalue weighted by Crippen LogP contribution is 2.29. The van der Waals surface area contributed by atoms with Gasteiger partial charge in [0.05, 0.1) is 17.8 Å². The number of Topliss-reactive ketones (excluding diaryl/α,β-unsaturated/α-hetero) is 1. The van der Waals surface area contributed by atoms with Gasteiger partial charge in [-0.1, -0.05) is 0 Å². The number of ketones is 1. The summed E-state index contributed by atoms with van der Waals surface area (Å²) < 4.78 is 53.0. The van der Waals surface area contributed by atoms with E-state index < -0.39 is 29.1 Å². The summed E-state index contributed by atoms with van der Waals surface area (Å²) in [6.07, 6.45) is -0.307. The van der Waals surface area contributed by atoms with E-state index in [1.165, 1.54) is 6.07 Å². The molecule has 0 aromatic heterocycles. The molecule has 106 valence electrons. The van der Waals surface area contributed by atoms with Gasteiger partial charge in [0.25, 0.3) is 0 Å². The molecule has 2 nitrogen and oxygen atoms in total. The van der Waals surface area contributed by atoms with E-state index >= 15 is 0 Å². The van der Waals surface area contributed by atoms with Gasteiger partial charge in [-0.05, 0) is 30.3 Å². The number of aliphatic imine (C=N–C) groups is 1. The summed E-state index contributed by atoms with van der Waals surface area (Å²) in [4.78, 5) is 16.0. The van der Waals surface area contributed by atoms with Crippen molar-refractivity contribution in [1.29, 1.82) is 0 Å². The normalized spacial score (nSPS) is 13.9. The molecule has 2 aromatic carbocycles. The van der Waals surface area contributed by atoms with Crippen LogP contribution in [0.1, 0.15) is 22.3 Å². The molecule has 0 N–H and O–H groups in total. The van der Waals surface area contributed by atoms with Gasteiger partial charge in [0.15, 0.2) is 23.2 Å². The number of benzene rings is 2. The van der Waals surface area contributed by atoms with E-state index in [0.29, 0.717) is 0 Å². The fourth-order valence-electron chi connectivity index (χ4n) is 2.17. The number of rotatable bonds is 1. The average Bonchev–Trinajstić information content (AvgIpc) is 2.45. The van der Waals surface area contributed by atoms with Gasteiger partial charge in [-0.15, -0.1) is 0 Å². The molecule has 0 fully saturated rings. The summed E-state index contributed by atoms with van der Waals surface area (Å²) in [5.74, 6) is -5.38. The van der Waals surface area contributed by atoms with Gasteiger partial charge in [0.1, 0.15) is 5.82 Å². The van der Waals surface area contributed by atoms with E-state index in [4.69, 9.17) is 0 Å². The fraction of sp³-hybridized carbons (Fsp3) is 0.0667. The second-order valence-corrected chi connectivity index (χ2v) is 4.54. The molecule has 0 saturated heterocycles. The number of fused-ring (bicyclic) bond motifs is 1. The molecule has 1 heterocycles. The van der Waals surface area contributed by atoms with Gasteiger partial charge in [-0.25, -0.2) is 17.6 Å². The smallest absolute Gasteiger partial charge is 0.195 e. The molecule has 0 spiro atoms. The topological polar surface area (TPSA) is 29.4 Å². The molecule has 21 heavy (non-hydrogen) atoms. The second-order valence-electron chi connectivity index (χ2n) is 4.54. The minimum Gasteiger partial charge on any atom is -0.294 e. The van der Waals surface area contributed by atoms with E-state index in [9.17, 15) is 22.4 Å². The highest BCUT2D eigenvalue weighted by atomic mass is 19.2. The van der Waals surface area contributed by atoms with Crippen LogP contribution in [0.15, 0.2) is 35.3 Å². The van der Waals surface area contributed by atoms with Crippen LogP contribution in [-0.4, -0.2) is 11.5 Å². The SMILES string of the molecule is O=C1CC(c2ccc(F)c(F)c2F)=Nc2ccc(F)cc21. The molecule has 6 heteroatoms. The minimum atomic E-state index is -1.62. The summed E-state index contributed by atoms with van der Waals surface area (Å²) in [6.45, 7) is 0. The molecule has 0 bridgehead atoms. The Bertz CT molecular complexity index is 799. The first-order chi connectivity index (χ1) is 9.97. The Morgan fingerprint density at radius 3 is 2.43 bits per heavy atom. The van der Waals surface area contributed by atoms with Crippen LogP contribution in [-0.2, 0) is 0 Å². The van der Waals surface area contributed by atoms with Crippen molar-refractivity contribution in [2.75, 3.05) is 0 Å². The molecule has 1 aliphatic heterocycles. The Balaban J connectivity index is 2.15. The van der Waals surface area contributed by atoms with Gasteiger partial charge in [0.2, 0.25) is 0 Å². The summed E-state index contributed by atoms with van der Waals surface area (Å²) in [5, 5.41) is 0. The van der Waals surface area contributed by atoms with Crippen molar-refractivity contribution >= 4 is 17.2 Å². The zero-order chi connectivity index (χ0) is 15.1. The third-order valence-electron chi connectivity index (χ3n) is 3.19. The maximum absolute atomic E-state index is 13.7. The standard InChI is InChI=1S/C15H7F4NO/c16-7-1-4-11-9(5-7)13(21)6-12(20-11)8-2-3-10(17)15(19)14(8)18/h1-5H,6H2. The van der Waals surface area contributed by atoms with E-state index in [2.05, 4.69) is 4.99 Å². The van der Waals surface area contributed by atoms with Gasteiger partial charge < -0.3 is 0 Å². The van der Waals surface area contributed by atoms with Crippen molar-refractivity contribution in [2.24, 2.45) is 4.99 Å². The van der Waals surface area contributed by atoms with E-state index in [0.717, 1.165) is 24.3 Å². The first-order valence-corrected chi connectivity index (χ1v) is 6.01. The fourth-order valence-corrected chi connectivity index (χ4v) is 2.17. The third kappa shape index (κ3) is 2.22. The van der Waals surface area contributed by atoms with Crippen LogP contribution in [0.2, 0.25) is 0 Å². The number of nitrogens with zero attached hydrogens (tertiary/aromatic N) is 1. The maximum Gasteiger partial charge on any atom is 0.195 e. The Morgan fingerprint density at radius 1 is 0.905 bits per heavy atom. The zero-order valence-electron chi connectivity index (χ0n) is 10.5. The lowest BCUT2D eigenvalue weighted by molar-refractivity contribution is 0.0999. The summed E-state index contributed by atoms with van der Waals surface area (Å²) >= 11 is 0. The van der Waals surface area contributed by atoms with Gasteiger partial charge in [-0.2, -0.15) is 0 Å². The lowest BCUT2D eigenvalue weighted by atomic mass is 9.95. The minimum absolute atomic E-state index is 0.0180. The van der Waals surface area contributed by atoms with Crippen LogP contribution in [0.5, 0.6) is 0 Å². The highest BCUT2D eigenvalue weighted by molar-refractivity contribution is 6.20. The van der Waals surface area contributed by atoms with Crippen LogP contribution in [0, 0.1) is 23.3 Å². The average molecular weight is 293 g/mol. The van der Waals surface area contributed by atoms with E-state index in [1.807, 2.05) is 0 Å². The number of halogens is 4. The Hall–Kier alpha value is -2.50. The van der Waals surface area contributed by atoms with Crippen LogP contribution >= 0.6 is 0 Å². The molecule has 0 saturated carbocycles. The van der Waals surface area contributed by atoms with Crippen molar-refractivity contribution in [2.45, 2.75) is 6.42 Å². The number of hydrogen-bond donors (Lipinski definition) is 0. The molecular formula is C15H7F4NO. The Kier molecular flexibility index (Phi) is 3.08. The molecule has 2 aromatic rings. The van der Waals surface area contributed by atoms with Crippen molar-refractivity contribution in [3.8, 4) is 0 Å². The molecular weight excluding hydrogens is 286 g/mol. The third-order valence-corrected chi connectivity index (χ3v) is 3.19. The van der Waals surface area contributed by atoms with E-state index in [1.54, 1.807) is 0 Å². The van der Waals surface area contributed by atoms with Crippen molar-refractivity contribution in [3.63, 3.8) is 0 Å². The number of carbonyl (C=O) groups excluding carboxylic acids is 1. The lowest BCUT2D eigenvalue weighted by Crippen LogP contribution is -2.16. The molecule has 0 atom stereocenters.